The van der Waals surface area contributed by atoms with Crippen molar-refractivity contribution in [2.45, 2.75) is 45.2 Å². The lowest BCUT2D eigenvalue weighted by Crippen LogP contribution is -2.54. The molecule has 5 aromatic rings. The Bertz CT molecular complexity index is 2460. The molecule has 5 heterocycles. The predicted molar refractivity (Wildman–Crippen MR) is 217 cm³/mol. The molecule has 298 valence electrons. The van der Waals surface area contributed by atoms with E-state index in [0.717, 1.165) is 38.4 Å². The number of pyridine rings is 1. The Balaban J connectivity index is 0.811. The van der Waals surface area contributed by atoms with Crippen LogP contribution >= 0.6 is 0 Å². The highest BCUT2D eigenvalue weighted by atomic mass is 16.2. The Labute approximate surface area is 340 Å². The third-order valence-electron chi connectivity index (χ3n) is 11.1. The van der Waals surface area contributed by atoms with Crippen LogP contribution in [-0.2, 0) is 33.8 Å². The molecule has 0 spiro atoms. The monoisotopic (exact) mass is 790 g/mol. The molecular weight excluding hydrogens is 749 g/mol. The van der Waals surface area contributed by atoms with Crippen molar-refractivity contribution >= 4 is 41.0 Å². The van der Waals surface area contributed by atoms with Gasteiger partial charge in [0, 0.05) is 87.4 Å². The van der Waals surface area contributed by atoms with Crippen LogP contribution in [0.5, 0.6) is 0 Å². The quantitative estimate of drug-likeness (QED) is 0.138. The minimum atomic E-state index is -1.07. The molecule has 0 bridgehead atoms. The third kappa shape index (κ3) is 8.53. The minimum Gasteiger partial charge on any atom is -0.375 e. The summed E-state index contributed by atoms with van der Waals surface area (Å²) >= 11 is 0. The van der Waals surface area contributed by atoms with Crippen molar-refractivity contribution in [1.29, 1.82) is 0 Å². The highest BCUT2D eigenvalue weighted by Crippen LogP contribution is 2.32. The second-order valence-corrected chi connectivity index (χ2v) is 15.0. The zero-order chi connectivity index (χ0) is 41.0. The summed E-state index contributed by atoms with van der Waals surface area (Å²) in [6.07, 6.45) is 6.18. The van der Waals surface area contributed by atoms with Crippen LogP contribution in [0.2, 0.25) is 0 Å². The van der Waals surface area contributed by atoms with Gasteiger partial charge in [0.1, 0.15) is 11.9 Å². The normalized spacial score (nSPS) is 16.9. The maximum Gasteiger partial charge on any atom is 0.264 e. The number of rotatable bonds is 12. The van der Waals surface area contributed by atoms with Crippen molar-refractivity contribution < 1.29 is 28.8 Å². The van der Waals surface area contributed by atoms with Crippen LogP contribution in [-0.4, -0.2) is 104 Å². The van der Waals surface area contributed by atoms with Crippen LogP contribution < -0.4 is 10.6 Å². The molecule has 3 aliphatic rings. The van der Waals surface area contributed by atoms with Crippen LogP contribution in [0.1, 0.15) is 72.0 Å². The number of imide groups is 2. The Morgan fingerprint density at radius 3 is 2.42 bits per heavy atom. The molecule has 3 aromatic carbocycles. The Kier molecular flexibility index (Phi) is 11.1. The number of aryl methyl sites for hydroxylation is 1. The van der Waals surface area contributed by atoms with E-state index >= 15 is 0 Å². The molecule has 1 unspecified atom stereocenters. The van der Waals surface area contributed by atoms with Crippen LogP contribution in [0.25, 0.3) is 11.3 Å². The maximum absolute atomic E-state index is 13.4. The average Bonchev–Trinajstić information content (AvgIpc) is 3.50. The van der Waals surface area contributed by atoms with Crippen LogP contribution in [0, 0.1) is 6.92 Å². The molecule has 2 saturated heterocycles. The highest BCUT2D eigenvalue weighted by molar-refractivity contribution is 6.25. The molecule has 0 radical (unpaired) electrons. The number of nitrogens with one attached hydrogen (secondary N) is 2. The van der Waals surface area contributed by atoms with E-state index in [0.29, 0.717) is 56.2 Å². The van der Waals surface area contributed by atoms with Crippen molar-refractivity contribution in [3.63, 3.8) is 0 Å². The van der Waals surface area contributed by atoms with Gasteiger partial charge in [0.25, 0.3) is 11.8 Å². The summed E-state index contributed by atoms with van der Waals surface area (Å²) in [7, 11) is 0. The molecule has 59 heavy (non-hydrogen) atoms. The second kappa shape index (κ2) is 16.9. The number of carbonyl (C=O) groups excluding carboxylic acids is 6. The molecule has 0 saturated carbocycles. The largest absolute Gasteiger partial charge is 0.375 e. The van der Waals surface area contributed by atoms with E-state index in [1.807, 2.05) is 61.5 Å². The van der Waals surface area contributed by atoms with Crippen molar-refractivity contribution in [2.24, 2.45) is 0 Å². The third-order valence-corrected chi connectivity index (χ3v) is 11.1. The van der Waals surface area contributed by atoms with Crippen LogP contribution in [0.3, 0.4) is 0 Å². The fourth-order valence-corrected chi connectivity index (χ4v) is 7.80. The molecule has 5 amide bonds. The number of Topliss-reactive ketones (excluding diaryl/α,β-unsaturated/α-hetero) is 1. The maximum atomic E-state index is 13.4. The summed E-state index contributed by atoms with van der Waals surface area (Å²) in [5.41, 5.74) is 7.16. The molecule has 14 nitrogen and oxygen atoms in total. The van der Waals surface area contributed by atoms with Gasteiger partial charge in [-0.25, -0.2) is 9.97 Å². The Morgan fingerprint density at radius 1 is 0.864 bits per heavy atom. The first-order valence-electron chi connectivity index (χ1n) is 19.6. The molecule has 2 fully saturated rings. The molecule has 0 aliphatic carbocycles. The van der Waals surface area contributed by atoms with E-state index in [4.69, 9.17) is 4.98 Å². The summed E-state index contributed by atoms with van der Waals surface area (Å²) in [6, 6.07) is 23.2. The van der Waals surface area contributed by atoms with Gasteiger partial charge in [0.15, 0.2) is 5.78 Å². The second-order valence-electron chi connectivity index (χ2n) is 15.0. The lowest BCUT2D eigenvalue weighted by Gasteiger charge is -2.35. The number of fused-ring (bicyclic) bond motifs is 1. The van der Waals surface area contributed by atoms with Gasteiger partial charge < -0.3 is 10.2 Å². The number of hydrogen-bond acceptors (Lipinski definition) is 11. The fraction of sp³-hybridized carbons (Fsp3) is 0.267. The van der Waals surface area contributed by atoms with Crippen LogP contribution in [0.15, 0.2) is 97.5 Å². The van der Waals surface area contributed by atoms with E-state index in [1.165, 1.54) is 6.07 Å². The minimum absolute atomic E-state index is 0.0315. The first-order valence-corrected chi connectivity index (χ1v) is 19.6. The number of carbonyl (C=O) groups is 6. The van der Waals surface area contributed by atoms with Gasteiger partial charge in [-0.1, -0.05) is 48.5 Å². The zero-order valence-corrected chi connectivity index (χ0v) is 32.5. The van der Waals surface area contributed by atoms with Crippen molar-refractivity contribution in [3.05, 3.63) is 142 Å². The first-order chi connectivity index (χ1) is 28.6. The topological polar surface area (TPSA) is 175 Å². The summed E-state index contributed by atoms with van der Waals surface area (Å²) in [5, 5.41) is 5.24. The van der Waals surface area contributed by atoms with Gasteiger partial charge in [0.2, 0.25) is 17.7 Å². The van der Waals surface area contributed by atoms with Gasteiger partial charge in [0.05, 0.1) is 23.4 Å². The van der Waals surface area contributed by atoms with Gasteiger partial charge in [-0.3, -0.25) is 48.9 Å². The SMILES string of the molecule is Cc1ccc(CC(=O)c2ccc(CN3CCN(C(=O)CNc4cccc5c4C(=O)N(C4CCC(=O)NC4=O)C5=O)CC3)cc2)cc1Cc1nccc(-c2cccnc2)n1. The number of benzene rings is 3. The summed E-state index contributed by atoms with van der Waals surface area (Å²) in [6.45, 7) is 5.01. The van der Waals surface area contributed by atoms with E-state index < -0.39 is 29.7 Å². The number of hydrogen-bond donors (Lipinski definition) is 2. The number of piperazine rings is 1. The number of nitrogens with zero attached hydrogens (tertiary/aromatic N) is 6. The lowest BCUT2D eigenvalue weighted by atomic mass is 9.97. The molecule has 1 atom stereocenters. The van der Waals surface area contributed by atoms with Gasteiger partial charge in [-0.05, 0) is 65.9 Å². The predicted octanol–water partition coefficient (Wildman–Crippen LogP) is 4.02. The van der Waals surface area contributed by atoms with Gasteiger partial charge >= 0.3 is 0 Å². The molecule has 3 aliphatic heterocycles. The van der Waals surface area contributed by atoms with E-state index in [9.17, 15) is 28.8 Å². The molecule has 2 N–H and O–H groups in total. The number of amides is 5. The summed E-state index contributed by atoms with van der Waals surface area (Å²) in [4.78, 5) is 95.6. The fourth-order valence-electron chi connectivity index (χ4n) is 7.80. The molecular formula is C45H42N8O6. The van der Waals surface area contributed by atoms with Crippen LogP contribution in [0.4, 0.5) is 5.69 Å². The van der Waals surface area contributed by atoms with Crippen molar-refractivity contribution in [1.82, 2.24) is 35.0 Å². The molecule has 14 heteroatoms. The number of anilines is 1. The van der Waals surface area contributed by atoms with Gasteiger partial charge in [-0.2, -0.15) is 0 Å². The highest BCUT2D eigenvalue weighted by Gasteiger charge is 2.45. The van der Waals surface area contributed by atoms with Gasteiger partial charge in [-0.15, -0.1) is 0 Å². The first kappa shape index (κ1) is 38.9. The molecule has 2 aromatic heterocycles. The number of ketones is 1. The van der Waals surface area contributed by atoms with E-state index in [2.05, 4.69) is 31.6 Å². The average molecular weight is 791 g/mol. The summed E-state index contributed by atoms with van der Waals surface area (Å²) in [5.74, 6) is -1.76. The standard InChI is InChI=1S/C45H42N8O6/c1-28-7-8-30(22-33(28)24-39-47-17-15-35(49-39)32-4-3-16-46-25-32)23-38(54)31-11-9-29(10-12-31)27-51-18-20-52(21-19-51)41(56)26-48-36-6-2-5-34-42(36)45(59)53(44(34)58)37-13-14-40(55)50-43(37)57/h2-12,15-17,22,25,37,48H,13-14,18-21,23-24,26-27H2,1H3,(H,50,55,57). The lowest BCUT2D eigenvalue weighted by molar-refractivity contribution is -0.136. The Hall–Kier alpha value is -6.93. The number of aromatic nitrogens is 3. The van der Waals surface area contributed by atoms with E-state index in [1.54, 1.807) is 35.6 Å². The van der Waals surface area contributed by atoms with E-state index in [-0.39, 0.29) is 48.6 Å². The number of piperidine rings is 1. The van der Waals surface area contributed by atoms with Crippen molar-refractivity contribution in [2.75, 3.05) is 38.0 Å². The van der Waals surface area contributed by atoms with Crippen molar-refractivity contribution in [3.8, 4) is 11.3 Å². The Morgan fingerprint density at radius 2 is 1.66 bits per heavy atom. The smallest absolute Gasteiger partial charge is 0.264 e. The molecule has 8 rings (SSSR count). The zero-order valence-electron chi connectivity index (χ0n) is 32.5. The summed E-state index contributed by atoms with van der Waals surface area (Å²) < 4.78 is 0.